The first-order valence-corrected chi connectivity index (χ1v) is 11.1. The van der Waals surface area contributed by atoms with Crippen molar-refractivity contribution in [2.24, 2.45) is 5.10 Å². The molecule has 0 bridgehead atoms. The van der Waals surface area contributed by atoms with E-state index in [0.717, 1.165) is 17.7 Å². The number of unbranched alkanes of at least 4 members (excludes halogenated alkanes) is 5. The van der Waals surface area contributed by atoms with E-state index < -0.39 is 0 Å². The maximum absolute atomic E-state index is 11.9. The highest BCUT2D eigenvalue weighted by atomic mass is 16.5. The molecule has 0 saturated heterocycles. The van der Waals surface area contributed by atoms with Crippen molar-refractivity contribution in [3.05, 3.63) is 48.0 Å². The molecule has 2 aromatic rings. The predicted molar refractivity (Wildman–Crippen MR) is 126 cm³/mol. The Bertz CT molecular complexity index is 837. The zero-order chi connectivity index (χ0) is 23.0. The minimum Gasteiger partial charge on any atom is -0.494 e. The van der Waals surface area contributed by atoms with Crippen molar-refractivity contribution in [3.63, 3.8) is 0 Å². The number of hydrazone groups is 1. The molecule has 0 aromatic heterocycles. The molecule has 7 heteroatoms. The van der Waals surface area contributed by atoms with E-state index in [4.69, 9.17) is 18.9 Å². The highest BCUT2D eigenvalue weighted by molar-refractivity contribution is 5.83. The van der Waals surface area contributed by atoms with Crippen LogP contribution in [0.1, 0.15) is 51.0 Å². The second-order valence-electron chi connectivity index (χ2n) is 7.28. The van der Waals surface area contributed by atoms with Crippen molar-refractivity contribution in [2.45, 2.75) is 45.4 Å². The number of rotatable bonds is 15. The first-order valence-electron chi connectivity index (χ1n) is 11.1. The standard InChI is InChI=1S/C25H34N2O5/c1-4-5-6-7-8-9-16-31-21-11-13-22(14-12-21)32-19-25(28)27-26-18-20-10-15-23(29-2)24(17-20)30-3/h10-15,17-18H,4-9,16,19H2,1-3H3,(H,27,28)/b26-18+. The minimum absolute atomic E-state index is 0.138. The van der Waals surface area contributed by atoms with Gasteiger partial charge in [-0.05, 0) is 54.4 Å². The quantitative estimate of drug-likeness (QED) is 0.239. The molecule has 1 N–H and O–H groups in total. The number of hydrogen-bond acceptors (Lipinski definition) is 6. The Balaban J connectivity index is 1.67. The summed E-state index contributed by atoms with van der Waals surface area (Å²) in [5, 5.41) is 3.94. The molecule has 0 saturated carbocycles. The van der Waals surface area contributed by atoms with Crippen molar-refractivity contribution >= 4 is 12.1 Å². The van der Waals surface area contributed by atoms with Gasteiger partial charge in [-0.15, -0.1) is 0 Å². The van der Waals surface area contributed by atoms with E-state index in [0.29, 0.717) is 23.9 Å². The second kappa shape index (κ2) is 14.7. The van der Waals surface area contributed by atoms with Crippen LogP contribution in [0.25, 0.3) is 0 Å². The molecule has 174 valence electrons. The highest BCUT2D eigenvalue weighted by Crippen LogP contribution is 2.26. The molecule has 0 aliphatic heterocycles. The molecule has 1 amide bonds. The number of amides is 1. The smallest absolute Gasteiger partial charge is 0.277 e. The Hall–Kier alpha value is -3.22. The maximum atomic E-state index is 11.9. The number of benzene rings is 2. The van der Waals surface area contributed by atoms with Crippen LogP contribution in [0.4, 0.5) is 0 Å². The lowest BCUT2D eigenvalue weighted by molar-refractivity contribution is -0.123. The average molecular weight is 443 g/mol. The molecule has 0 atom stereocenters. The summed E-state index contributed by atoms with van der Waals surface area (Å²) in [4.78, 5) is 11.9. The summed E-state index contributed by atoms with van der Waals surface area (Å²) >= 11 is 0. The average Bonchev–Trinajstić information content (AvgIpc) is 2.82. The van der Waals surface area contributed by atoms with E-state index >= 15 is 0 Å². The summed E-state index contributed by atoms with van der Waals surface area (Å²) in [6.07, 6.45) is 8.93. The van der Waals surface area contributed by atoms with Crippen LogP contribution in [0.15, 0.2) is 47.6 Å². The van der Waals surface area contributed by atoms with Crippen molar-refractivity contribution in [1.29, 1.82) is 0 Å². The summed E-state index contributed by atoms with van der Waals surface area (Å²) < 4.78 is 21.7. The van der Waals surface area contributed by atoms with E-state index in [1.54, 1.807) is 38.5 Å². The predicted octanol–water partition coefficient (Wildman–Crippen LogP) is 4.97. The number of carbonyl (C=O) groups is 1. The van der Waals surface area contributed by atoms with Crippen LogP contribution in [0.3, 0.4) is 0 Å². The lowest BCUT2D eigenvalue weighted by Gasteiger charge is -2.08. The second-order valence-corrected chi connectivity index (χ2v) is 7.28. The van der Waals surface area contributed by atoms with Gasteiger partial charge in [-0.25, -0.2) is 5.43 Å². The van der Waals surface area contributed by atoms with Gasteiger partial charge in [-0.3, -0.25) is 4.79 Å². The number of hydrogen-bond donors (Lipinski definition) is 1. The Morgan fingerprint density at radius 1 is 0.875 bits per heavy atom. The molecular weight excluding hydrogens is 408 g/mol. The fraction of sp³-hybridized carbons (Fsp3) is 0.440. The fourth-order valence-corrected chi connectivity index (χ4v) is 3.00. The van der Waals surface area contributed by atoms with Crippen molar-refractivity contribution < 1.29 is 23.7 Å². The topological polar surface area (TPSA) is 78.4 Å². The van der Waals surface area contributed by atoms with Crippen molar-refractivity contribution in [3.8, 4) is 23.0 Å². The summed E-state index contributed by atoms with van der Waals surface area (Å²) in [5.41, 5.74) is 3.20. The van der Waals surface area contributed by atoms with E-state index in [2.05, 4.69) is 17.5 Å². The largest absolute Gasteiger partial charge is 0.494 e. The fourth-order valence-electron chi connectivity index (χ4n) is 3.00. The Kier molecular flexibility index (Phi) is 11.5. The van der Waals surface area contributed by atoms with Gasteiger partial charge in [0.15, 0.2) is 18.1 Å². The number of methoxy groups -OCH3 is 2. The Morgan fingerprint density at radius 3 is 2.22 bits per heavy atom. The van der Waals surface area contributed by atoms with Crippen LogP contribution in [-0.4, -0.2) is 39.6 Å². The van der Waals surface area contributed by atoms with Crippen LogP contribution in [0.5, 0.6) is 23.0 Å². The molecule has 7 nitrogen and oxygen atoms in total. The van der Waals surface area contributed by atoms with Gasteiger partial charge in [-0.2, -0.15) is 5.10 Å². The summed E-state index contributed by atoms with van der Waals surface area (Å²) in [7, 11) is 3.13. The van der Waals surface area contributed by atoms with Crippen LogP contribution in [0.2, 0.25) is 0 Å². The molecule has 0 radical (unpaired) electrons. The number of carbonyl (C=O) groups excluding carboxylic acids is 1. The van der Waals surface area contributed by atoms with Gasteiger partial charge in [0.2, 0.25) is 0 Å². The lowest BCUT2D eigenvalue weighted by Crippen LogP contribution is -2.24. The lowest BCUT2D eigenvalue weighted by atomic mass is 10.1. The van der Waals surface area contributed by atoms with Gasteiger partial charge in [0, 0.05) is 0 Å². The molecule has 32 heavy (non-hydrogen) atoms. The first-order chi connectivity index (χ1) is 15.7. The maximum Gasteiger partial charge on any atom is 0.277 e. The van der Waals surface area contributed by atoms with Gasteiger partial charge >= 0.3 is 0 Å². The molecule has 2 rings (SSSR count). The van der Waals surface area contributed by atoms with Gasteiger partial charge < -0.3 is 18.9 Å². The van der Waals surface area contributed by atoms with Gasteiger partial charge in [0.05, 0.1) is 27.0 Å². The number of nitrogens with zero attached hydrogens (tertiary/aromatic N) is 1. The molecule has 0 unspecified atom stereocenters. The van der Waals surface area contributed by atoms with E-state index in [1.165, 1.54) is 38.3 Å². The van der Waals surface area contributed by atoms with Gasteiger partial charge in [0.1, 0.15) is 11.5 Å². The normalized spacial score (nSPS) is 10.7. The van der Waals surface area contributed by atoms with Crippen LogP contribution >= 0.6 is 0 Å². The zero-order valence-electron chi connectivity index (χ0n) is 19.3. The minimum atomic E-state index is -0.356. The summed E-state index contributed by atoms with van der Waals surface area (Å²) in [5.74, 6) is 2.25. The molecule has 0 aliphatic rings. The first kappa shape index (κ1) is 25.0. The van der Waals surface area contributed by atoms with Crippen LogP contribution < -0.4 is 24.4 Å². The summed E-state index contributed by atoms with van der Waals surface area (Å²) in [6, 6.07) is 12.6. The van der Waals surface area contributed by atoms with E-state index in [1.807, 2.05) is 18.2 Å². The van der Waals surface area contributed by atoms with Crippen LogP contribution in [-0.2, 0) is 4.79 Å². The SMILES string of the molecule is CCCCCCCCOc1ccc(OCC(=O)N/N=C/c2ccc(OC)c(OC)c2)cc1. The van der Waals surface area contributed by atoms with E-state index in [-0.39, 0.29) is 12.5 Å². The van der Waals surface area contributed by atoms with Gasteiger partial charge in [0.25, 0.3) is 5.91 Å². The molecule has 2 aromatic carbocycles. The summed E-state index contributed by atoms with van der Waals surface area (Å²) in [6.45, 7) is 2.80. The van der Waals surface area contributed by atoms with Crippen LogP contribution in [0, 0.1) is 0 Å². The third-order valence-corrected chi connectivity index (χ3v) is 4.77. The van der Waals surface area contributed by atoms with Crippen molar-refractivity contribution in [1.82, 2.24) is 5.43 Å². The number of ether oxygens (including phenoxy) is 4. The highest BCUT2D eigenvalue weighted by Gasteiger charge is 2.04. The third kappa shape index (κ3) is 9.29. The Morgan fingerprint density at radius 2 is 1.53 bits per heavy atom. The van der Waals surface area contributed by atoms with Gasteiger partial charge in [-0.1, -0.05) is 39.0 Å². The monoisotopic (exact) mass is 442 g/mol. The molecule has 0 heterocycles. The molecule has 0 aliphatic carbocycles. The number of nitrogens with one attached hydrogen (secondary N) is 1. The van der Waals surface area contributed by atoms with Crippen molar-refractivity contribution in [2.75, 3.05) is 27.4 Å². The van der Waals surface area contributed by atoms with E-state index in [9.17, 15) is 4.79 Å². The Labute approximate surface area is 190 Å². The molecule has 0 fully saturated rings. The molecule has 0 spiro atoms. The zero-order valence-corrected chi connectivity index (χ0v) is 19.3. The molecular formula is C25H34N2O5. The third-order valence-electron chi connectivity index (χ3n) is 4.77.